The minimum absolute atomic E-state index is 0.339. The van der Waals surface area contributed by atoms with Crippen LogP contribution < -0.4 is 5.32 Å². The number of hydrogen-bond donors (Lipinski definition) is 2. The molecule has 0 bridgehead atoms. The summed E-state index contributed by atoms with van der Waals surface area (Å²) in [5.74, 6) is -1.33. The maximum atomic E-state index is 11.0. The third kappa shape index (κ3) is 3.19. The molecule has 6 nitrogen and oxygen atoms in total. The van der Waals surface area contributed by atoms with E-state index in [9.17, 15) is 14.9 Å². The monoisotopic (exact) mass is 350 g/mol. The van der Waals surface area contributed by atoms with Crippen molar-refractivity contribution in [2.75, 3.05) is 5.32 Å². The van der Waals surface area contributed by atoms with E-state index in [1.165, 1.54) is 18.2 Å². The fraction of sp³-hybridized carbons (Fsp3) is 0.0714. The zero-order valence-corrected chi connectivity index (χ0v) is 12.5. The number of nitro groups is 1. The van der Waals surface area contributed by atoms with Gasteiger partial charge in [0.15, 0.2) is 0 Å². The number of carbonyl (C=O) groups is 1. The average Bonchev–Trinajstić information content (AvgIpc) is 2.43. The highest BCUT2D eigenvalue weighted by atomic mass is 79.9. The maximum Gasteiger partial charge on any atom is 0.342 e. The molecule has 108 valence electrons. The molecule has 0 aliphatic heterocycles. The van der Waals surface area contributed by atoms with Crippen molar-refractivity contribution in [3.05, 3.63) is 62.1 Å². The summed E-state index contributed by atoms with van der Waals surface area (Å²) in [6.07, 6.45) is 0. The molecule has 0 fully saturated rings. The highest BCUT2D eigenvalue weighted by molar-refractivity contribution is 9.10. The van der Waals surface area contributed by atoms with Gasteiger partial charge in [-0.3, -0.25) is 10.1 Å². The van der Waals surface area contributed by atoms with E-state index < -0.39 is 16.6 Å². The molecule has 0 aromatic heterocycles. The quantitative estimate of drug-likeness (QED) is 0.639. The van der Waals surface area contributed by atoms with E-state index in [1.54, 1.807) is 0 Å². The molecule has 0 heterocycles. The van der Waals surface area contributed by atoms with Crippen molar-refractivity contribution in [2.45, 2.75) is 6.92 Å². The molecule has 2 aromatic carbocycles. The van der Waals surface area contributed by atoms with Gasteiger partial charge < -0.3 is 10.4 Å². The van der Waals surface area contributed by atoms with Gasteiger partial charge in [-0.25, -0.2) is 4.79 Å². The van der Waals surface area contributed by atoms with E-state index in [4.69, 9.17) is 5.11 Å². The highest BCUT2D eigenvalue weighted by Crippen LogP contribution is 2.31. The maximum absolute atomic E-state index is 11.0. The Bertz CT molecular complexity index is 731. The largest absolute Gasteiger partial charge is 0.477 e. The van der Waals surface area contributed by atoms with Gasteiger partial charge in [0.2, 0.25) is 0 Å². The minimum Gasteiger partial charge on any atom is -0.477 e. The molecule has 0 saturated heterocycles. The number of carboxylic acids is 1. The Labute approximate surface area is 128 Å². The van der Waals surface area contributed by atoms with Crippen LogP contribution in [-0.2, 0) is 0 Å². The van der Waals surface area contributed by atoms with Crippen molar-refractivity contribution in [1.82, 2.24) is 0 Å². The SMILES string of the molecule is Cc1cccc(Nc2ccc(C(=O)O)c([N+](=O)[O-])c2)c1Br. The molecule has 0 aliphatic rings. The van der Waals surface area contributed by atoms with E-state index in [2.05, 4.69) is 21.2 Å². The first kappa shape index (κ1) is 15.0. The van der Waals surface area contributed by atoms with Crippen LogP contribution >= 0.6 is 15.9 Å². The lowest BCUT2D eigenvalue weighted by atomic mass is 10.1. The Morgan fingerprint density at radius 3 is 2.67 bits per heavy atom. The summed E-state index contributed by atoms with van der Waals surface area (Å²) < 4.78 is 0.843. The minimum atomic E-state index is -1.33. The Hall–Kier alpha value is -2.41. The van der Waals surface area contributed by atoms with E-state index in [0.29, 0.717) is 5.69 Å². The second-order valence-electron chi connectivity index (χ2n) is 4.36. The second kappa shape index (κ2) is 5.92. The number of nitrogens with zero attached hydrogens (tertiary/aromatic N) is 1. The van der Waals surface area contributed by atoms with Gasteiger partial charge in [0.1, 0.15) is 5.56 Å². The standard InChI is InChI=1S/C14H11BrN2O4/c1-8-3-2-4-11(13(8)15)16-9-5-6-10(14(18)19)12(7-9)17(20)21/h2-7,16H,1H3,(H,18,19). The molecule has 21 heavy (non-hydrogen) atoms. The number of rotatable bonds is 4. The Balaban J connectivity index is 2.42. The van der Waals surface area contributed by atoms with Crippen molar-refractivity contribution in [1.29, 1.82) is 0 Å². The van der Waals surface area contributed by atoms with E-state index in [-0.39, 0.29) is 5.56 Å². The lowest BCUT2D eigenvalue weighted by Crippen LogP contribution is -2.03. The molecule has 0 aliphatic carbocycles. The molecule has 2 N–H and O–H groups in total. The molecule has 0 atom stereocenters. The van der Waals surface area contributed by atoms with Crippen LogP contribution in [0.1, 0.15) is 15.9 Å². The summed E-state index contributed by atoms with van der Waals surface area (Å²) in [7, 11) is 0. The fourth-order valence-electron chi connectivity index (χ4n) is 1.84. The van der Waals surface area contributed by atoms with Crippen LogP contribution in [0.3, 0.4) is 0 Å². The molecule has 0 spiro atoms. The van der Waals surface area contributed by atoms with Crippen molar-refractivity contribution < 1.29 is 14.8 Å². The first-order valence-electron chi connectivity index (χ1n) is 5.94. The van der Waals surface area contributed by atoms with Gasteiger partial charge in [0.05, 0.1) is 10.6 Å². The van der Waals surface area contributed by atoms with Crippen LogP contribution in [0.2, 0.25) is 0 Å². The van der Waals surface area contributed by atoms with Crippen molar-refractivity contribution in [2.24, 2.45) is 0 Å². The number of nitrogens with one attached hydrogen (secondary N) is 1. The molecule has 0 amide bonds. The predicted octanol–water partition coefficient (Wildman–Crippen LogP) is 4.11. The number of benzene rings is 2. The smallest absolute Gasteiger partial charge is 0.342 e. The summed E-state index contributed by atoms with van der Waals surface area (Å²) in [6.45, 7) is 1.92. The fourth-order valence-corrected chi connectivity index (χ4v) is 2.20. The average molecular weight is 351 g/mol. The number of aromatic carboxylic acids is 1. The zero-order chi connectivity index (χ0) is 15.6. The van der Waals surface area contributed by atoms with Gasteiger partial charge in [-0.15, -0.1) is 0 Å². The van der Waals surface area contributed by atoms with Crippen LogP contribution in [0, 0.1) is 17.0 Å². The van der Waals surface area contributed by atoms with Gasteiger partial charge >= 0.3 is 5.97 Å². The van der Waals surface area contributed by atoms with Gasteiger partial charge in [-0.05, 0) is 46.6 Å². The number of halogens is 1. The summed E-state index contributed by atoms with van der Waals surface area (Å²) in [5, 5.41) is 22.9. The topological polar surface area (TPSA) is 92.5 Å². The Morgan fingerprint density at radius 1 is 1.33 bits per heavy atom. The van der Waals surface area contributed by atoms with Crippen LogP contribution in [0.4, 0.5) is 17.1 Å². The van der Waals surface area contributed by atoms with Gasteiger partial charge in [-0.1, -0.05) is 12.1 Å². The van der Waals surface area contributed by atoms with Gasteiger partial charge in [0, 0.05) is 16.2 Å². The van der Waals surface area contributed by atoms with Gasteiger partial charge in [-0.2, -0.15) is 0 Å². The third-order valence-corrected chi connectivity index (χ3v) is 3.95. The first-order valence-corrected chi connectivity index (χ1v) is 6.73. The molecule has 0 radical (unpaired) electrons. The molecule has 0 unspecified atom stereocenters. The van der Waals surface area contributed by atoms with Crippen LogP contribution in [-0.4, -0.2) is 16.0 Å². The number of carboxylic acid groups (broad SMARTS) is 1. The van der Waals surface area contributed by atoms with E-state index in [1.807, 2.05) is 25.1 Å². The summed E-state index contributed by atoms with van der Waals surface area (Å²) in [4.78, 5) is 21.2. The summed E-state index contributed by atoms with van der Waals surface area (Å²) >= 11 is 3.43. The van der Waals surface area contributed by atoms with Crippen LogP contribution in [0.15, 0.2) is 40.9 Å². The summed E-state index contributed by atoms with van der Waals surface area (Å²) in [6, 6.07) is 9.50. The molecular formula is C14H11BrN2O4. The lowest BCUT2D eigenvalue weighted by Gasteiger charge is -2.10. The number of nitro benzene ring substituents is 1. The zero-order valence-electron chi connectivity index (χ0n) is 11.0. The molecule has 2 aromatic rings. The number of anilines is 2. The molecule has 7 heteroatoms. The van der Waals surface area contributed by atoms with Crippen molar-refractivity contribution in [3.63, 3.8) is 0 Å². The number of aryl methyl sites for hydroxylation is 1. The number of hydrogen-bond acceptors (Lipinski definition) is 4. The third-order valence-electron chi connectivity index (χ3n) is 2.90. The van der Waals surface area contributed by atoms with Crippen LogP contribution in [0.5, 0.6) is 0 Å². The highest BCUT2D eigenvalue weighted by Gasteiger charge is 2.20. The van der Waals surface area contributed by atoms with Crippen molar-refractivity contribution in [3.8, 4) is 0 Å². The Morgan fingerprint density at radius 2 is 2.05 bits per heavy atom. The lowest BCUT2D eigenvalue weighted by molar-refractivity contribution is -0.385. The van der Waals surface area contributed by atoms with E-state index in [0.717, 1.165) is 15.7 Å². The Kier molecular flexibility index (Phi) is 4.23. The molecule has 0 saturated carbocycles. The first-order chi connectivity index (χ1) is 9.90. The predicted molar refractivity (Wildman–Crippen MR) is 82.2 cm³/mol. The molecule has 2 rings (SSSR count). The van der Waals surface area contributed by atoms with Crippen molar-refractivity contribution >= 4 is 39.0 Å². The molecular weight excluding hydrogens is 340 g/mol. The second-order valence-corrected chi connectivity index (χ2v) is 5.15. The van der Waals surface area contributed by atoms with Gasteiger partial charge in [0.25, 0.3) is 5.69 Å². The van der Waals surface area contributed by atoms with E-state index >= 15 is 0 Å². The van der Waals surface area contributed by atoms with Crippen LogP contribution in [0.25, 0.3) is 0 Å². The normalized spacial score (nSPS) is 10.2. The summed E-state index contributed by atoms with van der Waals surface area (Å²) in [5.41, 5.74) is 1.41.